The topological polar surface area (TPSA) is 51.7 Å². The van der Waals surface area contributed by atoms with Crippen LogP contribution in [0.1, 0.15) is 30.1 Å². The molecular formula is C20H22N2O3. The largest absolute Gasteiger partial charge is 0.490 e. The second-order valence-corrected chi connectivity index (χ2v) is 6.53. The molecule has 130 valence electrons. The average molecular weight is 338 g/mol. The van der Waals surface area contributed by atoms with Gasteiger partial charge in [0.05, 0.1) is 6.61 Å². The second-order valence-electron chi connectivity index (χ2n) is 6.53. The van der Waals surface area contributed by atoms with E-state index in [-0.39, 0.29) is 12.0 Å². The predicted molar refractivity (Wildman–Crippen MR) is 93.3 cm³/mol. The zero-order valence-corrected chi connectivity index (χ0v) is 14.1. The summed E-state index contributed by atoms with van der Waals surface area (Å²) in [6, 6.07) is 11.8. The molecule has 1 saturated heterocycles. The predicted octanol–water partition coefficient (Wildman–Crippen LogP) is 2.77. The van der Waals surface area contributed by atoms with Crippen molar-refractivity contribution in [1.29, 1.82) is 0 Å². The molecule has 5 heteroatoms. The van der Waals surface area contributed by atoms with Crippen molar-refractivity contribution in [3.63, 3.8) is 0 Å². The van der Waals surface area contributed by atoms with Gasteiger partial charge in [0.2, 0.25) is 0 Å². The summed E-state index contributed by atoms with van der Waals surface area (Å²) in [6.45, 7) is 2.02. The molecule has 25 heavy (non-hydrogen) atoms. The van der Waals surface area contributed by atoms with Gasteiger partial charge in [0, 0.05) is 38.3 Å². The molecule has 1 aromatic carbocycles. The SMILES string of the molecule is O=C([C@H]1OCCc2ccccc21)N1CCC(Oc2ccncc2)CC1. The standard InChI is InChI=1S/C20H22N2O3/c23-20(19-18-4-2-1-3-15(18)9-14-24-19)22-12-7-17(8-13-22)25-16-5-10-21-11-6-16/h1-6,10-11,17,19H,7-9,12-14H2/t19-/m0/s1. The minimum Gasteiger partial charge on any atom is -0.490 e. The first-order valence-electron chi connectivity index (χ1n) is 8.86. The lowest BCUT2D eigenvalue weighted by atomic mass is 9.96. The van der Waals surface area contributed by atoms with Crippen LogP contribution in [0.25, 0.3) is 0 Å². The van der Waals surface area contributed by atoms with Crippen LogP contribution in [0.5, 0.6) is 5.75 Å². The van der Waals surface area contributed by atoms with Crippen molar-refractivity contribution < 1.29 is 14.3 Å². The van der Waals surface area contributed by atoms with E-state index in [0.717, 1.165) is 30.6 Å². The molecule has 3 heterocycles. The number of likely N-dealkylation sites (tertiary alicyclic amines) is 1. The fourth-order valence-corrected chi connectivity index (χ4v) is 3.57. The smallest absolute Gasteiger partial charge is 0.256 e. The van der Waals surface area contributed by atoms with Gasteiger partial charge in [-0.2, -0.15) is 0 Å². The highest BCUT2D eigenvalue weighted by molar-refractivity contribution is 5.83. The molecule has 0 bridgehead atoms. The minimum absolute atomic E-state index is 0.0783. The van der Waals surface area contributed by atoms with Crippen molar-refractivity contribution in [2.24, 2.45) is 0 Å². The summed E-state index contributed by atoms with van der Waals surface area (Å²) >= 11 is 0. The van der Waals surface area contributed by atoms with Crippen molar-refractivity contribution in [1.82, 2.24) is 9.88 Å². The van der Waals surface area contributed by atoms with Gasteiger partial charge in [-0.3, -0.25) is 9.78 Å². The van der Waals surface area contributed by atoms with Crippen LogP contribution in [-0.2, 0) is 16.0 Å². The van der Waals surface area contributed by atoms with Gasteiger partial charge in [0.15, 0.2) is 6.10 Å². The first kappa shape index (κ1) is 16.1. The van der Waals surface area contributed by atoms with Gasteiger partial charge < -0.3 is 14.4 Å². The quantitative estimate of drug-likeness (QED) is 0.863. The Hall–Kier alpha value is -2.40. The summed E-state index contributed by atoms with van der Waals surface area (Å²) in [5.74, 6) is 0.916. The third-order valence-electron chi connectivity index (χ3n) is 4.92. The van der Waals surface area contributed by atoms with Crippen molar-refractivity contribution in [3.05, 3.63) is 59.9 Å². The lowest BCUT2D eigenvalue weighted by molar-refractivity contribution is -0.147. The Morgan fingerprint density at radius 1 is 1.12 bits per heavy atom. The number of pyridine rings is 1. The first-order chi connectivity index (χ1) is 12.3. The molecule has 0 radical (unpaired) electrons. The molecule has 1 fully saturated rings. The van der Waals surface area contributed by atoms with Gasteiger partial charge in [0.1, 0.15) is 11.9 Å². The third kappa shape index (κ3) is 3.51. The number of hydrogen-bond donors (Lipinski definition) is 0. The molecule has 2 aromatic rings. The van der Waals surface area contributed by atoms with E-state index in [1.807, 2.05) is 35.2 Å². The maximum Gasteiger partial charge on any atom is 0.256 e. The molecule has 0 N–H and O–H groups in total. The van der Waals surface area contributed by atoms with E-state index in [4.69, 9.17) is 9.47 Å². The van der Waals surface area contributed by atoms with Crippen LogP contribution in [0.15, 0.2) is 48.8 Å². The highest BCUT2D eigenvalue weighted by atomic mass is 16.5. The molecule has 5 nitrogen and oxygen atoms in total. The van der Waals surface area contributed by atoms with E-state index in [1.165, 1.54) is 5.56 Å². The summed E-state index contributed by atoms with van der Waals surface area (Å²) in [5.41, 5.74) is 2.25. The zero-order valence-electron chi connectivity index (χ0n) is 14.1. The fraction of sp³-hybridized carbons (Fsp3) is 0.400. The first-order valence-corrected chi connectivity index (χ1v) is 8.86. The maximum absolute atomic E-state index is 12.9. The summed E-state index contributed by atoms with van der Waals surface area (Å²) in [6.07, 6.45) is 5.69. The van der Waals surface area contributed by atoms with Crippen molar-refractivity contribution in [3.8, 4) is 5.75 Å². The van der Waals surface area contributed by atoms with E-state index < -0.39 is 6.10 Å². The third-order valence-corrected chi connectivity index (χ3v) is 4.92. The lowest BCUT2D eigenvalue weighted by Gasteiger charge is -2.35. The Bertz CT molecular complexity index is 727. The highest BCUT2D eigenvalue weighted by Crippen LogP contribution is 2.30. The average Bonchev–Trinajstić information content (AvgIpc) is 2.68. The molecule has 0 aliphatic carbocycles. The van der Waals surface area contributed by atoms with Crippen LogP contribution in [0, 0.1) is 0 Å². The van der Waals surface area contributed by atoms with Gasteiger partial charge in [-0.1, -0.05) is 24.3 Å². The molecular weight excluding hydrogens is 316 g/mol. The molecule has 4 rings (SSSR count). The second kappa shape index (κ2) is 7.23. The van der Waals surface area contributed by atoms with Crippen LogP contribution >= 0.6 is 0 Å². The van der Waals surface area contributed by atoms with Gasteiger partial charge in [-0.15, -0.1) is 0 Å². The van der Waals surface area contributed by atoms with Gasteiger partial charge in [-0.25, -0.2) is 0 Å². The number of amides is 1. The molecule has 2 aliphatic rings. The molecule has 0 unspecified atom stereocenters. The van der Waals surface area contributed by atoms with Crippen molar-refractivity contribution in [2.45, 2.75) is 31.5 Å². The lowest BCUT2D eigenvalue weighted by Crippen LogP contribution is -2.45. The van der Waals surface area contributed by atoms with Gasteiger partial charge >= 0.3 is 0 Å². The van der Waals surface area contributed by atoms with Crippen molar-refractivity contribution >= 4 is 5.91 Å². The van der Waals surface area contributed by atoms with E-state index in [9.17, 15) is 4.79 Å². The Balaban J connectivity index is 1.37. The van der Waals surface area contributed by atoms with Crippen LogP contribution in [0.4, 0.5) is 0 Å². The maximum atomic E-state index is 12.9. The summed E-state index contributed by atoms with van der Waals surface area (Å²) < 4.78 is 11.8. The minimum atomic E-state index is -0.456. The molecule has 1 atom stereocenters. The summed E-state index contributed by atoms with van der Waals surface area (Å²) in [4.78, 5) is 18.8. The summed E-state index contributed by atoms with van der Waals surface area (Å²) in [5, 5.41) is 0. The van der Waals surface area contributed by atoms with Crippen LogP contribution < -0.4 is 4.74 Å². The fourth-order valence-electron chi connectivity index (χ4n) is 3.57. The molecule has 0 spiro atoms. The number of fused-ring (bicyclic) bond motifs is 1. The molecule has 0 saturated carbocycles. The van der Waals surface area contributed by atoms with E-state index in [0.29, 0.717) is 19.7 Å². The van der Waals surface area contributed by atoms with Gasteiger partial charge in [-0.05, 0) is 29.7 Å². The molecule has 2 aliphatic heterocycles. The van der Waals surface area contributed by atoms with Crippen LogP contribution in [-0.4, -0.2) is 41.6 Å². The Kier molecular flexibility index (Phi) is 4.65. The normalized spacial score (nSPS) is 20.8. The van der Waals surface area contributed by atoms with Crippen LogP contribution in [0.3, 0.4) is 0 Å². The van der Waals surface area contributed by atoms with E-state index in [2.05, 4.69) is 11.1 Å². The number of carbonyl (C=O) groups excluding carboxylic acids is 1. The Labute approximate surface area is 147 Å². The number of piperidine rings is 1. The number of aromatic nitrogens is 1. The summed E-state index contributed by atoms with van der Waals surface area (Å²) in [7, 11) is 0. The van der Waals surface area contributed by atoms with Crippen LogP contribution in [0.2, 0.25) is 0 Å². The van der Waals surface area contributed by atoms with Crippen molar-refractivity contribution in [2.75, 3.05) is 19.7 Å². The number of nitrogens with zero attached hydrogens (tertiary/aromatic N) is 2. The number of benzene rings is 1. The van der Waals surface area contributed by atoms with E-state index in [1.54, 1.807) is 12.4 Å². The Morgan fingerprint density at radius 3 is 2.68 bits per heavy atom. The number of ether oxygens (including phenoxy) is 2. The Morgan fingerprint density at radius 2 is 1.88 bits per heavy atom. The van der Waals surface area contributed by atoms with Gasteiger partial charge in [0.25, 0.3) is 5.91 Å². The molecule has 1 amide bonds. The zero-order chi connectivity index (χ0) is 17.1. The number of rotatable bonds is 3. The molecule has 1 aromatic heterocycles. The van der Waals surface area contributed by atoms with E-state index >= 15 is 0 Å². The monoisotopic (exact) mass is 338 g/mol. The number of carbonyl (C=O) groups is 1. The highest BCUT2D eigenvalue weighted by Gasteiger charge is 2.33. The number of hydrogen-bond acceptors (Lipinski definition) is 4.